The molecule has 0 saturated carbocycles. The summed E-state index contributed by atoms with van der Waals surface area (Å²) in [4.78, 5) is 34.7. The van der Waals surface area contributed by atoms with Gasteiger partial charge in [-0.1, -0.05) is 42.5 Å². The average Bonchev–Trinajstić information content (AvgIpc) is 3.36. The number of benzene rings is 4. The van der Waals surface area contributed by atoms with Crippen molar-refractivity contribution in [2.75, 3.05) is 0 Å². The van der Waals surface area contributed by atoms with E-state index in [9.17, 15) is 19.7 Å². The van der Waals surface area contributed by atoms with Crippen molar-refractivity contribution in [2.24, 2.45) is 5.10 Å². The minimum absolute atomic E-state index is 0.0402. The van der Waals surface area contributed by atoms with Crippen molar-refractivity contribution in [3.05, 3.63) is 117 Å². The summed E-state index contributed by atoms with van der Waals surface area (Å²) in [6.07, 6.45) is 1.52. The number of hydrogen-bond acceptors (Lipinski definition) is 7. The second kappa shape index (κ2) is 10.5. The normalized spacial score (nSPS) is 11.2. The molecule has 0 bridgehead atoms. The van der Waals surface area contributed by atoms with Crippen LogP contribution in [0, 0.1) is 10.1 Å². The number of carboxylic acid groups (broad SMARTS) is 1. The first-order valence-corrected chi connectivity index (χ1v) is 12.2. The van der Waals surface area contributed by atoms with Gasteiger partial charge in [0.25, 0.3) is 11.6 Å². The summed E-state index contributed by atoms with van der Waals surface area (Å²) in [5, 5.41) is 26.7. The Hall–Kier alpha value is -5.09. The Bertz CT molecular complexity index is 1730. The lowest BCUT2D eigenvalue weighted by atomic mass is 10.0. The molecule has 0 atom stereocenters. The Morgan fingerprint density at radius 3 is 2.55 bits per heavy atom. The number of hydrogen-bond donors (Lipinski definition) is 2. The number of nitrogens with one attached hydrogen (secondary N) is 1. The molecule has 0 fully saturated rings. The molecular formula is C28H19N3O6S. The van der Waals surface area contributed by atoms with Crippen molar-refractivity contribution < 1.29 is 24.4 Å². The molecule has 38 heavy (non-hydrogen) atoms. The monoisotopic (exact) mass is 525 g/mol. The first-order chi connectivity index (χ1) is 18.4. The van der Waals surface area contributed by atoms with Crippen molar-refractivity contribution in [1.82, 2.24) is 5.43 Å². The van der Waals surface area contributed by atoms with Crippen LogP contribution in [0.3, 0.4) is 0 Å². The summed E-state index contributed by atoms with van der Waals surface area (Å²) in [6, 6.07) is 23.9. The van der Waals surface area contributed by atoms with Gasteiger partial charge in [0.05, 0.1) is 21.6 Å². The van der Waals surface area contributed by atoms with Crippen molar-refractivity contribution in [2.45, 2.75) is 6.61 Å². The summed E-state index contributed by atoms with van der Waals surface area (Å²) in [6.45, 7) is 0.208. The number of thiophene rings is 1. The van der Waals surface area contributed by atoms with Crippen LogP contribution in [0.1, 0.15) is 31.2 Å². The molecule has 0 aliphatic heterocycles. The number of non-ortho nitro benzene ring substituents is 1. The molecule has 1 heterocycles. The van der Waals surface area contributed by atoms with E-state index >= 15 is 0 Å². The first kappa shape index (κ1) is 24.6. The zero-order chi connectivity index (χ0) is 26.6. The zero-order valence-corrected chi connectivity index (χ0v) is 20.5. The Morgan fingerprint density at radius 1 is 1.00 bits per heavy atom. The molecule has 0 aliphatic rings. The number of nitro benzene ring substituents is 1. The molecule has 0 radical (unpaired) electrons. The van der Waals surface area contributed by atoms with Crippen molar-refractivity contribution >= 4 is 56.0 Å². The van der Waals surface area contributed by atoms with Gasteiger partial charge in [0.15, 0.2) is 0 Å². The van der Waals surface area contributed by atoms with Gasteiger partial charge in [-0.05, 0) is 46.7 Å². The van der Waals surface area contributed by atoms with Crippen LogP contribution >= 0.6 is 11.3 Å². The quantitative estimate of drug-likeness (QED) is 0.145. The van der Waals surface area contributed by atoms with E-state index in [-0.39, 0.29) is 17.9 Å². The largest absolute Gasteiger partial charge is 0.488 e. The van der Waals surface area contributed by atoms with Crippen molar-refractivity contribution in [1.29, 1.82) is 0 Å². The standard InChI is InChI=1S/C28H19N3O6S/c32-27(26-14-20-13-21(31(35)36)10-12-25(20)38-26)30-29-15-23-22-4-2-1-3-18(22)9-11-24(23)37-16-17-5-7-19(8-6-17)28(33)34/h1-15H,16H2,(H,30,32)(H,33,34)/b29-15-. The van der Waals surface area contributed by atoms with Crippen molar-refractivity contribution in [3.8, 4) is 5.75 Å². The molecule has 1 amide bonds. The predicted octanol–water partition coefficient (Wildman–Crippen LogP) is 6.00. The number of amides is 1. The smallest absolute Gasteiger partial charge is 0.335 e. The highest BCUT2D eigenvalue weighted by Gasteiger charge is 2.14. The highest BCUT2D eigenvalue weighted by Crippen LogP contribution is 2.30. The molecule has 0 unspecified atom stereocenters. The molecule has 0 aliphatic carbocycles. The highest BCUT2D eigenvalue weighted by atomic mass is 32.1. The third-order valence-corrected chi connectivity index (χ3v) is 6.94. The molecule has 188 valence electrons. The van der Waals surface area contributed by atoms with Gasteiger partial charge in [-0.25, -0.2) is 10.2 Å². The van der Waals surface area contributed by atoms with E-state index in [2.05, 4.69) is 10.5 Å². The number of hydrazone groups is 1. The zero-order valence-electron chi connectivity index (χ0n) is 19.7. The number of rotatable bonds is 8. The van der Waals surface area contributed by atoms with Crippen LogP contribution in [0.5, 0.6) is 5.75 Å². The maximum atomic E-state index is 12.7. The van der Waals surface area contributed by atoms with Crippen molar-refractivity contribution in [3.63, 3.8) is 0 Å². The molecule has 0 spiro atoms. The van der Waals surface area contributed by atoms with Crippen LogP contribution in [0.15, 0.2) is 90.0 Å². The summed E-state index contributed by atoms with van der Waals surface area (Å²) in [5.41, 5.74) is 4.14. The SMILES string of the molecule is O=C(O)c1ccc(COc2ccc3ccccc3c2/C=N\NC(=O)c2cc3cc([N+](=O)[O-])ccc3s2)cc1. The van der Waals surface area contributed by atoms with Gasteiger partial charge >= 0.3 is 5.97 Å². The topological polar surface area (TPSA) is 131 Å². The number of carboxylic acids is 1. The fourth-order valence-corrected chi connectivity index (χ4v) is 4.84. The molecule has 5 aromatic rings. The van der Waals surface area contributed by atoms with Gasteiger partial charge in [-0.15, -0.1) is 11.3 Å². The number of nitrogens with zero attached hydrogens (tertiary/aromatic N) is 2. The van der Waals surface area contributed by atoms with Crippen LogP contribution < -0.4 is 10.2 Å². The molecule has 1 aromatic heterocycles. The predicted molar refractivity (Wildman–Crippen MR) is 145 cm³/mol. The fourth-order valence-electron chi connectivity index (χ4n) is 3.91. The van der Waals surface area contributed by atoms with E-state index < -0.39 is 16.8 Å². The maximum absolute atomic E-state index is 12.7. The van der Waals surface area contributed by atoms with E-state index in [0.29, 0.717) is 21.6 Å². The number of aromatic carboxylic acids is 1. The number of ether oxygens (including phenoxy) is 1. The second-order valence-corrected chi connectivity index (χ2v) is 9.36. The number of carbonyl (C=O) groups excluding carboxylic acids is 1. The average molecular weight is 526 g/mol. The van der Waals surface area contributed by atoms with E-state index in [1.807, 2.05) is 36.4 Å². The molecular weight excluding hydrogens is 506 g/mol. The van der Waals surface area contributed by atoms with E-state index in [1.54, 1.807) is 24.3 Å². The number of fused-ring (bicyclic) bond motifs is 2. The lowest BCUT2D eigenvalue weighted by Crippen LogP contribution is -2.16. The maximum Gasteiger partial charge on any atom is 0.335 e. The Kier molecular flexibility index (Phi) is 6.79. The van der Waals surface area contributed by atoms with Gasteiger partial charge < -0.3 is 9.84 Å². The highest BCUT2D eigenvalue weighted by molar-refractivity contribution is 7.20. The van der Waals surface area contributed by atoms with E-state index in [1.165, 1.54) is 41.8 Å². The molecule has 2 N–H and O–H groups in total. The van der Waals surface area contributed by atoms with Gasteiger partial charge in [0.2, 0.25) is 0 Å². The Labute approximate surface area is 219 Å². The molecule has 4 aromatic carbocycles. The summed E-state index contributed by atoms with van der Waals surface area (Å²) in [7, 11) is 0. The summed E-state index contributed by atoms with van der Waals surface area (Å²) < 4.78 is 6.80. The fraction of sp³-hybridized carbons (Fsp3) is 0.0357. The minimum atomic E-state index is -0.996. The Morgan fingerprint density at radius 2 is 1.79 bits per heavy atom. The van der Waals surface area contributed by atoms with Crippen LogP contribution in [0.2, 0.25) is 0 Å². The first-order valence-electron chi connectivity index (χ1n) is 11.4. The van der Waals surface area contributed by atoms with Gasteiger partial charge in [0, 0.05) is 27.8 Å². The molecule has 9 nitrogen and oxygen atoms in total. The van der Waals surface area contributed by atoms with E-state index in [4.69, 9.17) is 9.84 Å². The van der Waals surface area contributed by atoms with Crippen LogP contribution in [-0.2, 0) is 6.61 Å². The lowest BCUT2D eigenvalue weighted by Gasteiger charge is -2.12. The van der Waals surface area contributed by atoms with Crippen LogP contribution in [-0.4, -0.2) is 28.1 Å². The van der Waals surface area contributed by atoms with Crippen LogP contribution in [0.25, 0.3) is 20.9 Å². The van der Waals surface area contributed by atoms with E-state index in [0.717, 1.165) is 21.0 Å². The van der Waals surface area contributed by atoms with Crippen LogP contribution in [0.4, 0.5) is 5.69 Å². The number of nitro groups is 1. The van der Waals surface area contributed by atoms with Gasteiger partial charge in [-0.2, -0.15) is 5.10 Å². The molecule has 10 heteroatoms. The third-order valence-electron chi connectivity index (χ3n) is 5.82. The second-order valence-electron chi connectivity index (χ2n) is 8.28. The lowest BCUT2D eigenvalue weighted by molar-refractivity contribution is -0.384. The third kappa shape index (κ3) is 5.20. The molecule has 0 saturated heterocycles. The van der Waals surface area contributed by atoms with Gasteiger partial charge in [0.1, 0.15) is 12.4 Å². The van der Waals surface area contributed by atoms with Gasteiger partial charge in [-0.3, -0.25) is 14.9 Å². The summed E-state index contributed by atoms with van der Waals surface area (Å²) >= 11 is 1.22. The summed E-state index contributed by atoms with van der Waals surface area (Å²) in [5.74, 6) is -0.894. The minimum Gasteiger partial charge on any atom is -0.488 e. The molecule has 5 rings (SSSR count). The number of carbonyl (C=O) groups is 2. The Balaban J connectivity index is 1.36.